The zero-order valence-corrected chi connectivity index (χ0v) is 15.7. The van der Waals surface area contributed by atoms with Gasteiger partial charge in [0.1, 0.15) is 6.10 Å². The standard InChI is InChI=1S/C18H20ClN3O3S/c1-3-6-20-17(25)11-8-13(23)15(24)14-16(11)26-18(22-14)21-10-5-4-9(2)12(19)7-10/h1,4-5,7,11,13-16,23-24H,6,8H2,2H3,(H,20,25)(H,21,22). The Labute approximate surface area is 161 Å². The molecule has 5 atom stereocenters. The second-order valence-corrected chi connectivity index (χ2v) is 7.99. The van der Waals surface area contributed by atoms with E-state index in [0.29, 0.717) is 10.2 Å². The molecule has 1 aromatic carbocycles. The fraction of sp³-hybridized carbons (Fsp3) is 0.444. The molecule has 1 fully saturated rings. The van der Waals surface area contributed by atoms with Crippen LogP contribution in [0.3, 0.4) is 0 Å². The van der Waals surface area contributed by atoms with Gasteiger partial charge in [-0.2, -0.15) is 0 Å². The van der Waals surface area contributed by atoms with Crippen molar-refractivity contribution in [3.63, 3.8) is 0 Å². The number of terminal acetylenes is 1. The quantitative estimate of drug-likeness (QED) is 0.582. The van der Waals surface area contributed by atoms with Gasteiger partial charge >= 0.3 is 0 Å². The van der Waals surface area contributed by atoms with Crippen LogP contribution >= 0.6 is 23.4 Å². The lowest BCUT2D eigenvalue weighted by Crippen LogP contribution is -2.54. The van der Waals surface area contributed by atoms with Crippen molar-refractivity contribution in [3.8, 4) is 12.3 Å². The number of nitrogens with zero attached hydrogens (tertiary/aromatic N) is 1. The van der Waals surface area contributed by atoms with Crippen molar-refractivity contribution in [2.24, 2.45) is 10.9 Å². The van der Waals surface area contributed by atoms with Crippen LogP contribution < -0.4 is 10.6 Å². The van der Waals surface area contributed by atoms with E-state index in [2.05, 4.69) is 21.5 Å². The molecule has 6 nitrogen and oxygen atoms in total. The number of aryl methyl sites for hydroxylation is 1. The first-order chi connectivity index (χ1) is 12.4. The highest BCUT2D eigenvalue weighted by Crippen LogP contribution is 2.41. The van der Waals surface area contributed by atoms with Crippen LogP contribution in [0, 0.1) is 25.2 Å². The minimum absolute atomic E-state index is 0.129. The summed E-state index contributed by atoms with van der Waals surface area (Å²) >= 11 is 7.54. The number of amides is 1. The molecule has 0 saturated heterocycles. The molecule has 0 bridgehead atoms. The molecule has 26 heavy (non-hydrogen) atoms. The summed E-state index contributed by atoms with van der Waals surface area (Å²) in [5.41, 5.74) is 1.74. The molecule has 1 amide bonds. The Morgan fingerprint density at radius 3 is 2.96 bits per heavy atom. The second kappa shape index (κ2) is 7.89. The summed E-state index contributed by atoms with van der Waals surface area (Å²) in [6, 6.07) is 5.01. The Morgan fingerprint density at radius 2 is 2.27 bits per heavy atom. The molecule has 5 unspecified atom stereocenters. The third kappa shape index (κ3) is 3.84. The predicted molar refractivity (Wildman–Crippen MR) is 104 cm³/mol. The maximum atomic E-state index is 12.4. The normalized spacial score (nSPS) is 30.1. The number of thioether (sulfide) groups is 1. The molecule has 1 aliphatic carbocycles. The van der Waals surface area contributed by atoms with E-state index in [0.717, 1.165) is 11.3 Å². The van der Waals surface area contributed by atoms with E-state index < -0.39 is 24.2 Å². The molecule has 0 aromatic heterocycles. The molecule has 4 N–H and O–H groups in total. The van der Waals surface area contributed by atoms with Crippen molar-refractivity contribution in [2.75, 3.05) is 11.9 Å². The Bertz CT molecular complexity index is 779. The van der Waals surface area contributed by atoms with Crippen molar-refractivity contribution >= 4 is 40.1 Å². The number of benzene rings is 1. The number of carbonyl (C=O) groups is 1. The average Bonchev–Trinajstić information content (AvgIpc) is 3.03. The van der Waals surface area contributed by atoms with E-state index >= 15 is 0 Å². The molecule has 0 spiro atoms. The number of aliphatic imine (C=N–C) groups is 1. The minimum Gasteiger partial charge on any atom is -0.390 e. The van der Waals surface area contributed by atoms with Gasteiger partial charge in [0, 0.05) is 16.0 Å². The topological polar surface area (TPSA) is 94.0 Å². The van der Waals surface area contributed by atoms with E-state index in [4.69, 9.17) is 18.0 Å². The number of aliphatic hydroxyl groups is 2. The molecule has 1 aliphatic heterocycles. The fourth-order valence-corrected chi connectivity index (χ4v) is 4.73. The Hall–Kier alpha value is -1.72. The smallest absolute Gasteiger partial charge is 0.225 e. The molecule has 1 heterocycles. The highest BCUT2D eigenvalue weighted by Gasteiger charge is 2.50. The number of hydrogen-bond acceptors (Lipinski definition) is 6. The molecule has 3 rings (SSSR count). The monoisotopic (exact) mass is 393 g/mol. The molecule has 2 aliphatic rings. The van der Waals surface area contributed by atoms with Crippen LogP contribution in [-0.4, -0.2) is 51.3 Å². The third-order valence-corrected chi connectivity index (χ3v) is 6.33. The van der Waals surface area contributed by atoms with Crippen LogP contribution in [0.15, 0.2) is 23.2 Å². The molecule has 8 heteroatoms. The van der Waals surface area contributed by atoms with Gasteiger partial charge in [0.25, 0.3) is 0 Å². The van der Waals surface area contributed by atoms with Crippen molar-refractivity contribution < 1.29 is 15.0 Å². The number of halogens is 1. The molecule has 138 valence electrons. The van der Waals surface area contributed by atoms with E-state index in [9.17, 15) is 15.0 Å². The van der Waals surface area contributed by atoms with E-state index in [1.54, 1.807) is 6.07 Å². The van der Waals surface area contributed by atoms with Gasteiger partial charge < -0.3 is 20.8 Å². The summed E-state index contributed by atoms with van der Waals surface area (Å²) in [4.78, 5) is 16.9. The third-order valence-electron chi connectivity index (χ3n) is 4.61. The molecular formula is C18H20ClN3O3S. The van der Waals surface area contributed by atoms with Gasteiger partial charge in [-0.25, -0.2) is 0 Å². The number of aliphatic hydroxyl groups excluding tert-OH is 2. The number of fused-ring (bicyclic) bond motifs is 1. The van der Waals surface area contributed by atoms with Crippen LogP contribution in [0.25, 0.3) is 0 Å². The van der Waals surface area contributed by atoms with E-state index in [1.807, 2.05) is 19.1 Å². The lowest BCUT2D eigenvalue weighted by Gasteiger charge is -2.37. The maximum Gasteiger partial charge on any atom is 0.225 e. The average molecular weight is 394 g/mol. The highest BCUT2D eigenvalue weighted by atomic mass is 35.5. The van der Waals surface area contributed by atoms with Gasteiger partial charge in [-0.05, 0) is 31.0 Å². The van der Waals surface area contributed by atoms with Crippen LogP contribution in [0.2, 0.25) is 5.02 Å². The zero-order chi connectivity index (χ0) is 18.8. The van der Waals surface area contributed by atoms with Gasteiger partial charge in [-0.1, -0.05) is 35.3 Å². The van der Waals surface area contributed by atoms with Gasteiger partial charge in [0.15, 0.2) is 5.17 Å². The zero-order valence-electron chi connectivity index (χ0n) is 14.1. The predicted octanol–water partition coefficient (Wildman–Crippen LogP) is 1.39. The van der Waals surface area contributed by atoms with Crippen LogP contribution in [0.1, 0.15) is 12.0 Å². The minimum atomic E-state index is -1.01. The van der Waals surface area contributed by atoms with Crippen molar-refractivity contribution in [3.05, 3.63) is 28.8 Å². The summed E-state index contributed by atoms with van der Waals surface area (Å²) in [5.74, 6) is 1.65. The number of anilines is 1. The summed E-state index contributed by atoms with van der Waals surface area (Å²) in [7, 11) is 0. The first kappa shape index (κ1) is 19.1. The summed E-state index contributed by atoms with van der Waals surface area (Å²) in [6.07, 6.45) is 3.35. The highest BCUT2D eigenvalue weighted by molar-refractivity contribution is 8.15. The lowest BCUT2D eigenvalue weighted by atomic mass is 9.81. The first-order valence-corrected chi connectivity index (χ1v) is 9.51. The number of nitrogens with one attached hydrogen (secondary N) is 2. The molecule has 1 aromatic rings. The molecule has 1 saturated carbocycles. The van der Waals surface area contributed by atoms with Crippen molar-refractivity contribution in [1.82, 2.24) is 5.32 Å². The second-order valence-electron chi connectivity index (χ2n) is 6.42. The van der Waals surface area contributed by atoms with Crippen LogP contribution in [0.5, 0.6) is 0 Å². The van der Waals surface area contributed by atoms with Gasteiger partial charge in [-0.15, -0.1) is 6.42 Å². The largest absolute Gasteiger partial charge is 0.390 e. The first-order valence-electron chi connectivity index (χ1n) is 8.25. The Morgan fingerprint density at radius 1 is 1.50 bits per heavy atom. The van der Waals surface area contributed by atoms with Gasteiger partial charge in [0.2, 0.25) is 5.91 Å². The SMILES string of the molecule is C#CCNC(=O)C1CC(O)C(O)C2N=C(Nc3ccc(C)c(Cl)c3)SC12. The Kier molecular flexibility index (Phi) is 5.78. The number of carbonyl (C=O) groups excluding carboxylic acids is 1. The van der Waals surface area contributed by atoms with E-state index in [-0.39, 0.29) is 24.1 Å². The van der Waals surface area contributed by atoms with Gasteiger partial charge in [0.05, 0.1) is 24.6 Å². The van der Waals surface area contributed by atoms with E-state index in [1.165, 1.54) is 11.8 Å². The summed E-state index contributed by atoms with van der Waals surface area (Å²) in [5, 5.41) is 27.2. The summed E-state index contributed by atoms with van der Waals surface area (Å²) < 4.78 is 0. The van der Waals surface area contributed by atoms with Gasteiger partial charge in [-0.3, -0.25) is 9.79 Å². The number of amidine groups is 1. The number of hydrogen-bond donors (Lipinski definition) is 4. The Balaban J connectivity index is 1.77. The van der Waals surface area contributed by atoms with Crippen LogP contribution in [0.4, 0.5) is 5.69 Å². The molecular weight excluding hydrogens is 374 g/mol. The van der Waals surface area contributed by atoms with Crippen molar-refractivity contribution in [2.45, 2.75) is 36.8 Å². The maximum absolute atomic E-state index is 12.4. The molecule has 0 radical (unpaired) electrons. The van der Waals surface area contributed by atoms with Crippen molar-refractivity contribution in [1.29, 1.82) is 0 Å². The number of rotatable bonds is 3. The fourth-order valence-electron chi connectivity index (χ4n) is 3.17. The van der Waals surface area contributed by atoms with Crippen LogP contribution in [-0.2, 0) is 4.79 Å². The lowest BCUT2D eigenvalue weighted by molar-refractivity contribution is -0.129. The summed E-state index contributed by atoms with van der Waals surface area (Å²) in [6.45, 7) is 2.05.